The van der Waals surface area contributed by atoms with Crippen LogP contribution in [0.2, 0.25) is 0 Å². The van der Waals surface area contributed by atoms with Crippen LogP contribution in [0.3, 0.4) is 0 Å². The maximum Gasteiger partial charge on any atom is 0.109 e. The first-order valence-electron chi connectivity index (χ1n) is 5.04. The molecule has 0 spiro atoms. The van der Waals surface area contributed by atoms with E-state index < -0.39 is 23.9 Å². The third kappa shape index (κ3) is 1.93. The molecular formula is C10H20O4. The molecule has 0 unspecified atom stereocenters. The fourth-order valence-electron chi connectivity index (χ4n) is 2.32. The average molecular weight is 204 g/mol. The number of hydrogen-bond donors (Lipinski definition) is 4. The van der Waals surface area contributed by atoms with Gasteiger partial charge in [0.2, 0.25) is 0 Å². The lowest BCUT2D eigenvalue weighted by molar-refractivity contribution is -0.200. The molecule has 1 rings (SSSR count). The zero-order chi connectivity index (χ0) is 11.1. The largest absolute Gasteiger partial charge is 0.393 e. The van der Waals surface area contributed by atoms with Crippen LogP contribution in [0, 0.1) is 11.8 Å². The Morgan fingerprint density at radius 3 is 2.14 bits per heavy atom. The second-order valence-corrected chi connectivity index (χ2v) is 4.89. The van der Waals surface area contributed by atoms with E-state index in [1.165, 1.54) is 6.92 Å². The Labute approximate surface area is 84.2 Å². The summed E-state index contributed by atoms with van der Waals surface area (Å²) in [6, 6.07) is 0. The van der Waals surface area contributed by atoms with E-state index in [1.807, 2.05) is 13.8 Å². The first kappa shape index (κ1) is 11.9. The molecule has 0 radical (unpaired) electrons. The van der Waals surface area contributed by atoms with Gasteiger partial charge in [0, 0.05) is 12.3 Å². The molecule has 4 nitrogen and oxygen atoms in total. The second-order valence-electron chi connectivity index (χ2n) is 4.89. The van der Waals surface area contributed by atoms with E-state index in [4.69, 9.17) is 0 Å². The van der Waals surface area contributed by atoms with Gasteiger partial charge in [0.15, 0.2) is 0 Å². The molecular weight excluding hydrogens is 184 g/mol. The smallest absolute Gasteiger partial charge is 0.109 e. The topological polar surface area (TPSA) is 80.9 Å². The molecule has 0 saturated heterocycles. The van der Waals surface area contributed by atoms with Gasteiger partial charge in [0.05, 0.1) is 17.8 Å². The van der Waals surface area contributed by atoms with Crippen molar-refractivity contribution in [1.82, 2.24) is 0 Å². The van der Waals surface area contributed by atoms with Gasteiger partial charge in [-0.05, 0) is 12.8 Å². The Morgan fingerprint density at radius 2 is 1.71 bits per heavy atom. The number of aliphatic hydroxyl groups excluding tert-OH is 3. The molecule has 14 heavy (non-hydrogen) atoms. The minimum Gasteiger partial charge on any atom is -0.393 e. The molecule has 1 aliphatic carbocycles. The van der Waals surface area contributed by atoms with Gasteiger partial charge >= 0.3 is 0 Å². The minimum absolute atomic E-state index is 0.0748. The van der Waals surface area contributed by atoms with E-state index in [0.29, 0.717) is 0 Å². The summed E-state index contributed by atoms with van der Waals surface area (Å²) in [6.45, 7) is 5.19. The van der Waals surface area contributed by atoms with Crippen molar-refractivity contribution >= 4 is 0 Å². The highest BCUT2D eigenvalue weighted by Crippen LogP contribution is 2.36. The number of aliphatic hydroxyl groups is 4. The molecule has 0 aromatic rings. The van der Waals surface area contributed by atoms with E-state index in [9.17, 15) is 20.4 Å². The summed E-state index contributed by atoms with van der Waals surface area (Å²) in [6.07, 6.45) is -2.90. The summed E-state index contributed by atoms with van der Waals surface area (Å²) in [5.74, 6) is -0.295. The van der Waals surface area contributed by atoms with Crippen molar-refractivity contribution in [3.05, 3.63) is 0 Å². The highest BCUT2D eigenvalue weighted by molar-refractivity contribution is 5.00. The van der Waals surface area contributed by atoms with Crippen molar-refractivity contribution < 1.29 is 20.4 Å². The van der Waals surface area contributed by atoms with Crippen molar-refractivity contribution in [3.8, 4) is 0 Å². The Kier molecular flexibility index (Phi) is 3.21. The Hall–Kier alpha value is -0.160. The van der Waals surface area contributed by atoms with Gasteiger partial charge in [-0.2, -0.15) is 0 Å². The maximum absolute atomic E-state index is 9.74. The normalized spacial score (nSPS) is 49.7. The van der Waals surface area contributed by atoms with Crippen LogP contribution in [-0.2, 0) is 0 Å². The predicted molar refractivity (Wildman–Crippen MR) is 51.6 cm³/mol. The Bertz CT molecular complexity index is 202. The van der Waals surface area contributed by atoms with E-state index in [0.717, 1.165) is 0 Å². The molecule has 4 N–H and O–H groups in total. The summed E-state index contributed by atoms with van der Waals surface area (Å²) in [5.41, 5.74) is -1.40. The fraction of sp³-hybridized carbons (Fsp3) is 1.00. The van der Waals surface area contributed by atoms with Crippen LogP contribution in [0.4, 0.5) is 0 Å². The third-order valence-electron chi connectivity index (χ3n) is 3.19. The van der Waals surface area contributed by atoms with Crippen molar-refractivity contribution in [2.75, 3.05) is 0 Å². The van der Waals surface area contributed by atoms with Crippen LogP contribution >= 0.6 is 0 Å². The van der Waals surface area contributed by atoms with Gasteiger partial charge in [-0.15, -0.1) is 0 Å². The quantitative estimate of drug-likeness (QED) is 0.464. The third-order valence-corrected chi connectivity index (χ3v) is 3.19. The van der Waals surface area contributed by atoms with Crippen LogP contribution < -0.4 is 0 Å². The van der Waals surface area contributed by atoms with Gasteiger partial charge in [-0.25, -0.2) is 0 Å². The molecule has 4 heteroatoms. The van der Waals surface area contributed by atoms with Crippen molar-refractivity contribution in [2.45, 2.75) is 51.1 Å². The Balaban J connectivity index is 2.85. The molecule has 0 aromatic heterocycles. The highest BCUT2D eigenvalue weighted by Gasteiger charge is 2.49. The van der Waals surface area contributed by atoms with Crippen LogP contribution in [0.25, 0.3) is 0 Å². The molecule has 0 aromatic carbocycles. The molecule has 84 valence electrons. The van der Waals surface area contributed by atoms with Gasteiger partial charge in [-0.1, -0.05) is 13.8 Å². The molecule has 1 fully saturated rings. The zero-order valence-corrected chi connectivity index (χ0v) is 8.88. The average Bonchev–Trinajstić information content (AvgIpc) is 1.98. The molecule has 0 heterocycles. The van der Waals surface area contributed by atoms with Crippen molar-refractivity contribution in [3.63, 3.8) is 0 Å². The first-order chi connectivity index (χ1) is 6.27. The van der Waals surface area contributed by atoms with Crippen LogP contribution in [-0.4, -0.2) is 44.3 Å². The standard InChI is InChI=1S/C10H20O4/c1-5(2)7-6(11)4-10(3,14)9(13)8(7)12/h5-9,11-14H,4H2,1-3H3/t6-,7-,8+,9+,10+/m0/s1. The lowest BCUT2D eigenvalue weighted by Crippen LogP contribution is -2.60. The molecule has 1 aliphatic rings. The summed E-state index contributed by atoms with van der Waals surface area (Å²) in [7, 11) is 0. The van der Waals surface area contributed by atoms with Gasteiger partial charge < -0.3 is 20.4 Å². The summed E-state index contributed by atoms with van der Waals surface area (Å²) in [5, 5.41) is 38.8. The van der Waals surface area contributed by atoms with Crippen LogP contribution in [0.5, 0.6) is 0 Å². The molecule has 5 atom stereocenters. The summed E-state index contributed by atoms with van der Waals surface area (Å²) >= 11 is 0. The Morgan fingerprint density at radius 1 is 1.21 bits per heavy atom. The number of rotatable bonds is 1. The van der Waals surface area contributed by atoms with E-state index in [1.54, 1.807) is 0 Å². The predicted octanol–water partition coefficient (Wildman–Crippen LogP) is -0.504. The van der Waals surface area contributed by atoms with Gasteiger partial charge in [-0.3, -0.25) is 0 Å². The summed E-state index contributed by atoms with van der Waals surface area (Å²) < 4.78 is 0. The minimum atomic E-state index is -1.40. The zero-order valence-electron chi connectivity index (χ0n) is 8.88. The first-order valence-corrected chi connectivity index (χ1v) is 5.04. The lowest BCUT2D eigenvalue weighted by atomic mass is 9.70. The lowest BCUT2D eigenvalue weighted by Gasteiger charge is -2.45. The van der Waals surface area contributed by atoms with Gasteiger partial charge in [0.1, 0.15) is 6.10 Å². The SMILES string of the molecule is CC(C)[C@@H]1[C@@H](O)[C@@H](O)[C@](C)(O)C[C@@H]1O. The van der Waals surface area contributed by atoms with Crippen LogP contribution in [0.1, 0.15) is 27.2 Å². The summed E-state index contributed by atoms with van der Waals surface area (Å²) in [4.78, 5) is 0. The molecule has 0 aliphatic heterocycles. The second kappa shape index (κ2) is 3.77. The number of hydrogen-bond acceptors (Lipinski definition) is 4. The van der Waals surface area contributed by atoms with Crippen molar-refractivity contribution in [2.24, 2.45) is 11.8 Å². The van der Waals surface area contributed by atoms with Crippen LogP contribution in [0.15, 0.2) is 0 Å². The molecule has 1 saturated carbocycles. The maximum atomic E-state index is 9.74. The van der Waals surface area contributed by atoms with E-state index in [2.05, 4.69) is 0 Å². The van der Waals surface area contributed by atoms with Gasteiger partial charge in [0.25, 0.3) is 0 Å². The van der Waals surface area contributed by atoms with Crippen molar-refractivity contribution in [1.29, 1.82) is 0 Å². The molecule has 0 amide bonds. The van der Waals surface area contributed by atoms with E-state index >= 15 is 0 Å². The van der Waals surface area contributed by atoms with E-state index in [-0.39, 0.29) is 18.3 Å². The monoisotopic (exact) mass is 204 g/mol. The molecule has 0 bridgehead atoms. The fourth-order valence-corrected chi connectivity index (χ4v) is 2.32. The highest BCUT2D eigenvalue weighted by atomic mass is 16.4.